The Labute approximate surface area is 690 Å². The highest BCUT2D eigenvalue weighted by Crippen LogP contribution is 2.45. The Kier molecular flexibility index (Phi) is 83.7. The van der Waals surface area contributed by atoms with E-state index in [-0.39, 0.29) is 19.3 Å². The summed E-state index contributed by atoms with van der Waals surface area (Å²) in [6, 6.07) is 0. The van der Waals surface area contributed by atoms with Gasteiger partial charge in [-0.2, -0.15) is 0 Å². The van der Waals surface area contributed by atoms with Crippen molar-refractivity contribution in [3.63, 3.8) is 0 Å². The Morgan fingerprint density at radius 3 is 0.743 bits per heavy atom. The molecule has 0 aliphatic heterocycles. The molecule has 16 nitrogen and oxygen atoms in total. The molecule has 0 radical (unpaired) electrons. The number of allylic oxidation sites excluding steroid dienone is 22. The number of esters is 3. The van der Waals surface area contributed by atoms with Crippen molar-refractivity contribution in [3.8, 4) is 0 Å². The quantitative estimate of drug-likeness (QED) is 0.0146. The third-order valence-electron chi connectivity index (χ3n) is 19.4. The number of aliphatic hydroxyl groups is 2. The van der Waals surface area contributed by atoms with Crippen molar-refractivity contribution in [2.45, 2.75) is 411 Å². The van der Waals surface area contributed by atoms with E-state index in [1.807, 2.05) is 0 Å². The van der Waals surface area contributed by atoms with Crippen LogP contribution in [0.1, 0.15) is 393 Å². The molecule has 0 rings (SSSR count). The topological polar surface area (TPSA) is 231 Å². The van der Waals surface area contributed by atoms with Gasteiger partial charge < -0.3 is 34.2 Å². The Balaban J connectivity index is 4.38. The summed E-state index contributed by atoms with van der Waals surface area (Å²) in [5.74, 6) is -1.56. The van der Waals surface area contributed by atoms with E-state index in [0.29, 0.717) is 19.3 Å². The molecule has 0 saturated carbocycles. The van der Waals surface area contributed by atoms with E-state index in [9.17, 15) is 43.5 Å². The minimum atomic E-state index is -4.93. The molecule has 0 aliphatic carbocycles. The van der Waals surface area contributed by atoms with Crippen molar-refractivity contribution in [2.75, 3.05) is 39.6 Å². The predicted molar refractivity (Wildman–Crippen MR) is 473 cm³/mol. The first-order valence-electron chi connectivity index (χ1n) is 45.5. The maximum atomic E-state index is 13.0. The van der Waals surface area contributed by atoms with Crippen molar-refractivity contribution in [1.82, 2.24) is 0 Å². The van der Waals surface area contributed by atoms with Crippen molar-refractivity contribution < 1.29 is 75.8 Å². The average molecular weight is 1630 g/mol. The van der Waals surface area contributed by atoms with Gasteiger partial charge in [-0.1, -0.05) is 392 Å². The fourth-order valence-electron chi connectivity index (χ4n) is 12.5. The Morgan fingerprint density at radius 1 is 0.257 bits per heavy atom. The molecule has 0 aromatic heterocycles. The summed E-state index contributed by atoms with van der Waals surface area (Å²) in [6.07, 6.45) is 108. The van der Waals surface area contributed by atoms with Gasteiger partial charge in [-0.25, -0.2) is 9.13 Å². The maximum Gasteiger partial charge on any atom is 0.472 e. The van der Waals surface area contributed by atoms with Crippen LogP contribution in [0, 0.1) is 0 Å². The second-order valence-corrected chi connectivity index (χ2v) is 33.3. The number of ether oxygens (including phenoxy) is 3. The zero-order valence-corrected chi connectivity index (χ0v) is 73.6. The first kappa shape index (κ1) is 109. The van der Waals surface area contributed by atoms with Gasteiger partial charge in [0.1, 0.15) is 25.4 Å². The third-order valence-corrected chi connectivity index (χ3v) is 21.3. The lowest BCUT2D eigenvalue weighted by molar-refractivity contribution is -0.161. The highest BCUT2D eigenvalue weighted by Gasteiger charge is 2.29. The SMILES string of the molecule is CC/C=C\C/C=C\C/C=C\C/C=C\C/C=C\C/C=C\CCCCCCCCCCCCC(=O)OCC(COP(=O)(O)OCC(O)COP(=O)(O)OCC(O)COC(=O)CCCCCCCCCCCCCCCCCCCCC/C=C\C/C=C\C/C=C\C/C=C\C/C=C\CC)OC(=O)CCCCCCCCCCCCCCC. The molecule has 0 aromatic rings. The molecule has 0 saturated heterocycles. The van der Waals surface area contributed by atoms with Crippen LogP contribution in [0.3, 0.4) is 0 Å². The van der Waals surface area contributed by atoms with Gasteiger partial charge in [0.25, 0.3) is 0 Å². The molecule has 5 atom stereocenters. The molecule has 113 heavy (non-hydrogen) atoms. The number of carbonyl (C=O) groups excluding carboxylic acids is 3. The van der Waals surface area contributed by atoms with Crippen molar-refractivity contribution >= 4 is 33.6 Å². The van der Waals surface area contributed by atoms with Gasteiger partial charge in [-0.05, 0) is 116 Å². The molecule has 4 N–H and O–H groups in total. The predicted octanol–water partition coefficient (Wildman–Crippen LogP) is 27.8. The van der Waals surface area contributed by atoms with Gasteiger partial charge in [-0.3, -0.25) is 32.5 Å². The van der Waals surface area contributed by atoms with Gasteiger partial charge in [-0.15, -0.1) is 0 Å². The van der Waals surface area contributed by atoms with E-state index in [1.165, 1.54) is 186 Å². The smallest absolute Gasteiger partial charge is 0.463 e. The normalized spacial score (nSPS) is 14.4. The van der Waals surface area contributed by atoms with E-state index in [4.69, 9.17) is 32.3 Å². The molecule has 0 aromatic carbocycles. The average Bonchev–Trinajstić information content (AvgIpc) is 0.899. The van der Waals surface area contributed by atoms with Gasteiger partial charge in [0.05, 0.1) is 26.4 Å². The molecule has 0 heterocycles. The zero-order valence-electron chi connectivity index (χ0n) is 71.8. The third kappa shape index (κ3) is 88.3. The number of rotatable bonds is 86. The molecule has 0 bridgehead atoms. The summed E-state index contributed by atoms with van der Waals surface area (Å²) < 4.78 is 61.4. The summed E-state index contributed by atoms with van der Waals surface area (Å²) in [5, 5.41) is 20.7. The number of phosphoric ester groups is 2. The summed E-state index contributed by atoms with van der Waals surface area (Å²) >= 11 is 0. The van der Waals surface area contributed by atoms with Crippen molar-refractivity contribution in [2.24, 2.45) is 0 Å². The number of hydrogen-bond acceptors (Lipinski definition) is 14. The van der Waals surface area contributed by atoms with Crippen molar-refractivity contribution in [1.29, 1.82) is 0 Å². The first-order chi connectivity index (χ1) is 55.2. The van der Waals surface area contributed by atoms with Crippen LogP contribution in [-0.2, 0) is 55.8 Å². The van der Waals surface area contributed by atoms with Crippen LogP contribution >= 0.6 is 15.6 Å². The van der Waals surface area contributed by atoms with Crippen LogP contribution in [0.5, 0.6) is 0 Å². The summed E-state index contributed by atoms with van der Waals surface area (Å²) in [5.41, 5.74) is 0. The highest BCUT2D eigenvalue weighted by atomic mass is 31.2. The van der Waals surface area contributed by atoms with E-state index in [0.717, 1.165) is 148 Å². The van der Waals surface area contributed by atoms with Crippen LogP contribution in [0.15, 0.2) is 134 Å². The van der Waals surface area contributed by atoms with E-state index in [1.54, 1.807) is 0 Å². The number of hydrogen-bond donors (Lipinski definition) is 4. The standard InChI is InChI=1S/C95H166O16P2/c1-4-7-10-13-16-19-22-25-27-29-31-33-35-37-39-41-42-43-44-45-46-48-50-51-53-55-57-59-61-64-66-69-72-75-78-81-93(98)105-84-90(96)85-107-112(101,102)108-86-91(97)87-109-113(103,104)110-89-92(111-95(100)83-80-77-74-71-68-63-24-21-18-15-12-9-6-3)88-106-94(99)82-79-76-73-70-67-65-62-60-58-56-54-52-49-47-40-38-36-34-32-30-28-26-23-20-17-14-11-8-5-2/h7-8,10-11,16-17,19-20,25-28,31-34,37-40,49,52,90-92,96-97H,4-6,9,12-15,18,21-24,29-30,35-36,41-48,50-51,53-89H2,1-3H3,(H,101,102)(H,103,104)/b10-7-,11-8-,19-16-,20-17-,27-25-,28-26-,33-31-,34-32-,39-37-,40-38-,52-49-. The largest absolute Gasteiger partial charge is 0.472 e. The molecule has 0 amide bonds. The Morgan fingerprint density at radius 2 is 0.469 bits per heavy atom. The van der Waals surface area contributed by atoms with Crippen LogP contribution < -0.4 is 0 Å². The molecule has 18 heteroatoms. The molecule has 0 aliphatic rings. The van der Waals surface area contributed by atoms with E-state index >= 15 is 0 Å². The molecular weight excluding hydrogens is 1460 g/mol. The molecule has 0 spiro atoms. The molecular formula is C95H166O16P2. The van der Waals surface area contributed by atoms with E-state index in [2.05, 4.69) is 154 Å². The van der Waals surface area contributed by atoms with Crippen LogP contribution in [0.25, 0.3) is 0 Å². The molecule has 652 valence electrons. The number of carbonyl (C=O) groups is 3. The molecule has 0 fully saturated rings. The minimum absolute atomic E-state index is 0.106. The second kappa shape index (κ2) is 87.0. The summed E-state index contributed by atoms with van der Waals surface area (Å²) in [6.45, 7) is 2.51. The van der Waals surface area contributed by atoms with Crippen LogP contribution in [-0.4, -0.2) is 95.9 Å². The fourth-order valence-corrected chi connectivity index (χ4v) is 14.1. The lowest BCUT2D eigenvalue weighted by Gasteiger charge is -2.21. The number of aliphatic hydroxyl groups excluding tert-OH is 2. The number of phosphoric acid groups is 2. The van der Waals surface area contributed by atoms with Crippen LogP contribution in [0.4, 0.5) is 0 Å². The van der Waals surface area contributed by atoms with Crippen molar-refractivity contribution in [3.05, 3.63) is 134 Å². The first-order valence-corrected chi connectivity index (χ1v) is 48.5. The Bertz CT molecular complexity index is 2580. The van der Waals surface area contributed by atoms with Gasteiger partial charge in [0.15, 0.2) is 6.10 Å². The maximum absolute atomic E-state index is 13.0. The lowest BCUT2D eigenvalue weighted by atomic mass is 10.0. The van der Waals surface area contributed by atoms with E-state index < -0.39 is 91.5 Å². The highest BCUT2D eigenvalue weighted by molar-refractivity contribution is 7.47. The number of unbranched alkanes of at least 4 members (excludes halogenated alkanes) is 41. The fraction of sp³-hybridized carbons (Fsp3) is 0.737. The van der Waals surface area contributed by atoms with Crippen LogP contribution in [0.2, 0.25) is 0 Å². The Hall–Kier alpha value is -4.31. The van der Waals surface area contributed by atoms with Gasteiger partial charge in [0.2, 0.25) is 0 Å². The summed E-state index contributed by atoms with van der Waals surface area (Å²) in [7, 11) is -9.79. The van der Waals surface area contributed by atoms with Gasteiger partial charge >= 0.3 is 33.6 Å². The zero-order chi connectivity index (χ0) is 82.2. The molecule has 5 unspecified atom stereocenters. The summed E-state index contributed by atoms with van der Waals surface area (Å²) in [4.78, 5) is 58.8. The monoisotopic (exact) mass is 1630 g/mol. The second-order valence-electron chi connectivity index (χ2n) is 30.4. The lowest BCUT2D eigenvalue weighted by Crippen LogP contribution is -2.30. The minimum Gasteiger partial charge on any atom is -0.463 e. The van der Waals surface area contributed by atoms with Gasteiger partial charge in [0, 0.05) is 19.3 Å².